The molecule has 0 spiro atoms. The number of benzene rings is 1. The summed E-state index contributed by atoms with van der Waals surface area (Å²) in [5.41, 5.74) is 1.90. The first-order valence-electron chi connectivity index (χ1n) is 6.89. The van der Waals surface area contributed by atoms with Crippen molar-refractivity contribution in [2.24, 2.45) is 0 Å². The Bertz CT molecular complexity index is 668. The SMILES string of the molecule is COc1ccc(Br)cc1NC(=O)C1CCCc2sccc21. The number of carbonyl (C=O) groups excluding carboxylic acids is 1. The van der Waals surface area contributed by atoms with E-state index in [4.69, 9.17) is 4.74 Å². The Kier molecular flexibility index (Phi) is 4.31. The molecule has 1 aliphatic carbocycles. The van der Waals surface area contributed by atoms with E-state index in [1.807, 2.05) is 18.2 Å². The van der Waals surface area contributed by atoms with Gasteiger partial charge in [-0.15, -0.1) is 11.3 Å². The van der Waals surface area contributed by atoms with Gasteiger partial charge in [0.25, 0.3) is 0 Å². The fraction of sp³-hybridized carbons (Fsp3) is 0.312. The van der Waals surface area contributed by atoms with E-state index in [1.54, 1.807) is 18.4 Å². The van der Waals surface area contributed by atoms with Crippen LogP contribution in [0, 0.1) is 0 Å². The quantitative estimate of drug-likeness (QED) is 0.864. The van der Waals surface area contributed by atoms with Gasteiger partial charge in [0.1, 0.15) is 5.75 Å². The number of rotatable bonds is 3. The molecular weight excluding hydrogens is 350 g/mol. The Morgan fingerprint density at radius 1 is 1.43 bits per heavy atom. The van der Waals surface area contributed by atoms with E-state index in [0.717, 1.165) is 23.7 Å². The van der Waals surface area contributed by atoms with E-state index in [-0.39, 0.29) is 11.8 Å². The molecule has 1 aromatic carbocycles. The second kappa shape index (κ2) is 6.20. The highest BCUT2D eigenvalue weighted by Crippen LogP contribution is 2.36. The second-order valence-electron chi connectivity index (χ2n) is 5.08. The highest BCUT2D eigenvalue weighted by molar-refractivity contribution is 9.10. The molecule has 3 nitrogen and oxygen atoms in total. The van der Waals surface area contributed by atoms with Gasteiger partial charge in [-0.3, -0.25) is 4.79 Å². The van der Waals surface area contributed by atoms with Crippen LogP contribution in [0.25, 0.3) is 0 Å². The van der Waals surface area contributed by atoms with Crippen molar-refractivity contribution < 1.29 is 9.53 Å². The molecule has 0 radical (unpaired) electrons. The largest absolute Gasteiger partial charge is 0.495 e. The van der Waals surface area contributed by atoms with Gasteiger partial charge in [-0.05, 0) is 54.5 Å². The lowest BCUT2D eigenvalue weighted by atomic mass is 9.87. The molecule has 1 amide bonds. The summed E-state index contributed by atoms with van der Waals surface area (Å²) in [6, 6.07) is 7.69. The summed E-state index contributed by atoms with van der Waals surface area (Å²) < 4.78 is 6.22. The van der Waals surface area contributed by atoms with Crippen LogP contribution in [0.1, 0.15) is 29.2 Å². The molecule has 1 aliphatic rings. The molecule has 1 N–H and O–H groups in total. The third-order valence-electron chi connectivity index (χ3n) is 3.79. The van der Waals surface area contributed by atoms with Crippen molar-refractivity contribution in [2.75, 3.05) is 12.4 Å². The Balaban J connectivity index is 1.84. The molecule has 1 unspecified atom stereocenters. The maximum absolute atomic E-state index is 12.6. The van der Waals surface area contributed by atoms with Gasteiger partial charge in [0.15, 0.2) is 0 Å². The van der Waals surface area contributed by atoms with E-state index in [0.29, 0.717) is 11.4 Å². The summed E-state index contributed by atoms with van der Waals surface area (Å²) in [6.07, 6.45) is 3.07. The number of anilines is 1. The van der Waals surface area contributed by atoms with Crippen molar-refractivity contribution in [1.82, 2.24) is 0 Å². The third-order valence-corrected chi connectivity index (χ3v) is 5.28. The monoisotopic (exact) mass is 365 g/mol. The van der Waals surface area contributed by atoms with Crippen molar-refractivity contribution in [2.45, 2.75) is 25.2 Å². The minimum Gasteiger partial charge on any atom is -0.495 e. The van der Waals surface area contributed by atoms with Crippen LogP contribution in [0.2, 0.25) is 0 Å². The van der Waals surface area contributed by atoms with Crippen LogP contribution in [0.3, 0.4) is 0 Å². The number of carbonyl (C=O) groups is 1. The van der Waals surface area contributed by atoms with Crippen LogP contribution in [-0.4, -0.2) is 13.0 Å². The predicted molar refractivity (Wildman–Crippen MR) is 89.3 cm³/mol. The van der Waals surface area contributed by atoms with Crippen LogP contribution >= 0.6 is 27.3 Å². The van der Waals surface area contributed by atoms with Gasteiger partial charge in [-0.1, -0.05) is 15.9 Å². The average Bonchev–Trinajstić information content (AvgIpc) is 2.95. The molecule has 1 aromatic heterocycles. The molecule has 0 saturated carbocycles. The van der Waals surface area contributed by atoms with E-state index in [2.05, 4.69) is 32.7 Å². The molecule has 5 heteroatoms. The van der Waals surface area contributed by atoms with E-state index in [1.165, 1.54) is 10.4 Å². The lowest BCUT2D eigenvalue weighted by molar-refractivity contribution is -0.117. The Morgan fingerprint density at radius 2 is 2.29 bits per heavy atom. The fourth-order valence-electron chi connectivity index (χ4n) is 2.76. The fourth-order valence-corrected chi connectivity index (χ4v) is 4.11. The van der Waals surface area contributed by atoms with Crippen molar-refractivity contribution in [1.29, 1.82) is 0 Å². The maximum atomic E-state index is 12.6. The van der Waals surface area contributed by atoms with Gasteiger partial charge in [0.2, 0.25) is 5.91 Å². The van der Waals surface area contributed by atoms with Crippen LogP contribution in [-0.2, 0) is 11.2 Å². The Labute approximate surface area is 136 Å². The van der Waals surface area contributed by atoms with Gasteiger partial charge in [-0.25, -0.2) is 0 Å². The van der Waals surface area contributed by atoms with Gasteiger partial charge >= 0.3 is 0 Å². The number of ether oxygens (including phenoxy) is 1. The smallest absolute Gasteiger partial charge is 0.232 e. The van der Waals surface area contributed by atoms with E-state index < -0.39 is 0 Å². The third kappa shape index (κ3) is 2.99. The number of hydrogen-bond donors (Lipinski definition) is 1. The molecule has 0 fully saturated rings. The van der Waals surface area contributed by atoms with Crippen LogP contribution in [0.15, 0.2) is 34.1 Å². The minimum absolute atomic E-state index is 0.0470. The number of fused-ring (bicyclic) bond motifs is 1. The molecule has 0 aliphatic heterocycles. The van der Waals surface area contributed by atoms with E-state index >= 15 is 0 Å². The Morgan fingerprint density at radius 3 is 3.10 bits per heavy atom. The molecule has 0 saturated heterocycles. The highest BCUT2D eigenvalue weighted by Gasteiger charge is 2.27. The van der Waals surface area contributed by atoms with E-state index in [9.17, 15) is 4.79 Å². The zero-order valence-corrected chi connectivity index (χ0v) is 14.1. The number of halogens is 1. The molecule has 3 rings (SSSR count). The van der Waals surface area contributed by atoms with Crippen molar-refractivity contribution in [3.63, 3.8) is 0 Å². The molecule has 0 bridgehead atoms. The number of aryl methyl sites for hydroxylation is 1. The van der Waals surface area contributed by atoms with Crippen molar-refractivity contribution in [3.8, 4) is 5.75 Å². The number of methoxy groups -OCH3 is 1. The van der Waals surface area contributed by atoms with Crippen LogP contribution < -0.4 is 10.1 Å². The molecule has 21 heavy (non-hydrogen) atoms. The van der Waals surface area contributed by atoms with Crippen LogP contribution in [0.4, 0.5) is 5.69 Å². The second-order valence-corrected chi connectivity index (χ2v) is 6.99. The van der Waals surface area contributed by atoms with Gasteiger partial charge in [0, 0.05) is 9.35 Å². The summed E-state index contributed by atoms with van der Waals surface area (Å²) in [4.78, 5) is 14.0. The molecule has 1 atom stereocenters. The van der Waals surface area contributed by atoms with Crippen LogP contribution in [0.5, 0.6) is 5.75 Å². The summed E-state index contributed by atoms with van der Waals surface area (Å²) in [5, 5.41) is 5.09. The van der Waals surface area contributed by atoms with Gasteiger partial charge < -0.3 is 10.1 Å². The number of amides is 1. The highest BCUT2D eigenvalue weighted by atomic mass is 79.9. The topological polar surface area (TPSA) is 38.3 Å². The van der Waals surface area contributed by atoms with Gasteiger partial charge in [0.05, 0.1) is 18.7 Å². The van der Waals surface area contributed by atoms with Gasteiger partial charge in [-0.2, -0.15) is 0 Å². The summed E-state index contributed by atoms with van der Waals surface area (Å²) >= 11 is 5.18. The normalized spacial score (nSPS) is 17.1. The Hall–Kier alpha value is -1.33. The summed E-state index contributed by atoms with van der Waals surface area (Å²) in [5.74, 6) is 0.669. The van der Waals surface area contributed by atoms with Crippen molar-refractivity contribution >= 4 is 38.9 Å². The summed E-state index contributed by atoms with van der Waals surface area (Å²) in [6.45, 7) is 0. The first-order chi connectivity index (χ1) is 10.2. The number of nitrogens with one attached hydrogen (secondary N) is 1. The molecular formula is C16H16BrNO2S. The zero-order chi connectivity index (χ0) is 14.8. The molecule has 1 heterocycles. The first kappa shape index (κ1) is 14.6. The number of hydrogen-bond acceptors (Lipinski definition) is 3. The molecule has 110 valence electrons. The minimum atomic E-state index is -0.0521. The maximum Gasteiger partial charge on any atom is 0.232 e. The predicted octanol–water partition coefficient (Wildman–Crippen LogP) is 4.58. The lowest BCUT2D eigenvalue weighted by Gasteiger charge is -2.22. The summed E-state index contributed by atoms with van der Waals surface area (Å²) in [7, 11) is 1.61. The number of thiophene rings is 1. The molecule has 2 aromatic rings. The zero-order valence-electron chi connectivity index (χ0n) is 11.7. The average molecular weight is 366 g/mol. The van der Waals surface area contributed by atoms with Crippen molar-refractivity contribution in [3.05, 3.63) is 44.6 Å². The lowest BCUT2D eigenvalue weighted by Crippen LogP contribution is -2.24. The standard InChI is InChI=1S/C16H16BrNO2S/c1-20-14-6-5-10(17)9-13(14)18-16(19)12-3-2-4-15-11(12)7-8-21-15/h5-9,12H,2-4H2,1H3,(H,18,19). The first-order valence-corrected chi connectivity index (χ1v) is 8.57.